The van der Waals surface area contributed by atoms with Gasteiger partial charge in [0.1, 0.15) is 11.3 Å². The molecule has 0 radical (unpaired) electrons. The van der Waals surface area contributed by atoms with E-state index in [4.69, 9.17) is 0 Å². The Morgan fingerprint density at radius 3 is 2.80 bits per heavy atom. The van der Waals surface area contributed by atoms with Crippen LogP contribution in [0.5, 0.6) is 5.75 Å². The van der Waals surface area contributed by atoms with Crippen molar-refractivity contribution in [1.29, 1.82) is 0 Å². The molecule has 0 unspecified atom stereocenters. The number of para-hydroxylation sites is 2. The molecule has 4 rings (SSSR count). The minimum atomic E-state index is 0.172. The quantitative estimate of drug-likeness (QED) is 0.395. The lowest BCUT2D eigenvalue weighted by Crippen LogP contribution is -2.03. The Kier molecular flexibility index (Phi) is 3.53. The number of hydrogen-bond donors (Lipinski definition) is 3. The molecule has 7 heteroatoms. The SMILES string of the molecule is C/C(=N\Nc1nnc2c(n1)[nH]c1c(C)cccc12)c1ccccc1O. The fourth-order valence-corrected chi connectivity index (χ4v) is 2.76. The zero-order valence-corrected chi connectivity index (χ0v) is 13.8. The molecule has 2 aromatic heterocycles. The van der Waals surface area contributed by atoms with Gasteiger partial charge < -0.3 is 10.1 Å². The number of fused-ring (bicyclic) bond motifs is 3. The number of nitrogens with one attached hydrogen (secondary N) is 2. The number of phenolic OH excluding ortho intramolecular Hbond substituents is 1. The average Bonchev–Trinajstić information content (AvgIpc) is 2.99. The summed E-state index contributed by atoms with van der Waals surface area (Å²) in [5, 5.41) is 23.4. The maximum Gasteiger partial charge on any atom is 0.265 e. The zero-order valence-electron chi connectivity index (χ0n) is 13.8. The van der Waals surface area contributed by atoms with Crippen LogP contribution in [0.3, 0.4) is 0 Å². The Morgan fingerprint density at radius 1 is 1.12 bits per heavy atom. The van der Waals surface area contributed by atoms with E-state index in [1.54, 1.807) is 25.1 Å². The smallest absolute Gasteiger partial charge is 0.265 e. The van der Waals surface area contributed by atoms with Gasteiger partial charge in [-0.3, -0.25) is 0 Å². The van der Waals surface area contributed by atoms with Gasteiger partial charge in [0.25, 0.3) is 5.95 Å². The second kappa shape index (κ2) is 5.86. The van der Waals surface area contributed by atoms with E-state index in [2.05, 4.69) is 30.7 Å². The number of aromatic hydroxyl groups is 1. The highest BCUT2D eigenvalue weighted by molar-refractivity contribution is 6.04. The molecular weight excluding hydrogens is 316 g/mol. The molecule has 2 heterocycles. The Hall–Kier alpha value is -3.48. The number of aromatic nitrogens is 4. The second-order valence-corrected chi connectivity index (χ2v) is 5.78. The van der Waals surface area contributed by atoms with Crippen LogP contribution in [0.2, 0.25) is 0 Å². The molecule has 124 valence electrons. The van der Waals surface area contributed by atoms with Gasteiger partial charge in [0.2, 0.25) is 0 Å². The molecule has 0 aliphatic rings. The summed E-state index contributed by atoms with van der Waals surface area (Å²) in [6, 6.07) is 13.0. The van der Waals surface area contributed by atoms with E-state index in [0.29, 0.717) is 16.9 Å². The molecule has 2 aromatic carbocycles. The highest BCUT2D eigenvalue weighted by Crippen LogP contribution is 2.24. The van der Waals surface area contributed by atoms with E-state index in [9.17, 15) is 5.11 Å². The van der Waals surface area contributed by atoms with Crippen LogP contribution in [0.15, 0.2) is 47.6 Å². The predicted octanol–water partition coefficient (Wildman–Crippen LogP) is 3.36. The summed E-state index contributed by atoms with van der Waals surface area (Å²) in [6.45, 7) is 3.82. The number of nitrogens with zero attached hydrogens (tertiary/aromatic N) is 4. The van der Waals surface area contributed by atoms with Gasteiger partial charge in [0, 0.05) is 10.9 Å². The molecule has 3 N–H and O–H groups in total. The van der Waals surface area contributed by atoms with Crippen LogP contribution in [-0.2, 0) is 0 Å². The van der Waals surface area contributed by atoms with Crippen LogP contribution in [0.1, 0.15) is 18.1 Å². The number of benzene rings is 2. The molecule has 0 atom stereocenters. The van der Waals surface area contributed by atoms with Crippen LogP contribution in [0, 0.1) is 6.92 Å². The third-order valence-electron chi connectivity index (χ3n) is 4.08. The lowest BCUT2D eigenvalue weighted by atomic mass is 10.1. The van der Waals surface area contributed by atoms with Gasteiger partial charge in [-0.05, 0) is 31.5 Å². The van der Waals surface area contributed by atoms with Gasteiger partial charge in [-0.25, -0.2) is 5.43 Å². The van der Waals surface area contributed by atoms with Crippen molar-refractivity contribution < 1.29 is 5.11 Å². The van der Waals surface area contributed by atoms with Crippen molar-refractivity contribution in [3.8, 4) is 5.75 Å². The van der Waals surface area contributed by atoms with Crippen LogP contribution < -0.4 is 5.43 Å². The van der Waals surface area contributed by atoms with Crippen LogP contribution in [-0.4, -0.2) is 31.0 Å². The lowest BCUT2D eigenvalue weighted by molar-refractivity contribution is 0.474. The molecule has 0 aliphatic heterocycles. The number of rotatable bonds is 3. The van der Waals surface area contributed by atoms with Crippen molar-refractivity contribution in [2.24, 2.45) is 5.10 Å². The number of phenols is 1. The topological polar surface area (TPSA) is 99.1 Å². The minimum Gasteiger partial charge on any atom is -0.507 e. The molecule has 0 fully saturated rings. The highest BCUT2D eigenvalue weighted by atomic mass is 16.3. The summed E-state index contributed by atoms with van der Waals surface area (Å²) < 4.78 is 0. The predicted molar refractivity (Wildman–Crippen MR) is 97.9 cm³/mol. The van der Waals surface area contributed by atoms with Gasteiger partial charge in [-0.1, -0.05) is 30.3 Å². The van der Waals surface area contributed by atoms with Gasteiger partial charge in [0.15, 0.2) is 5.65 Å². The number of H-pyrrole nitrogens is 1. The van der Waals surface area contributed by atoms with Crippen LogP contribution in [0.4, 0.5) is 5.95 Å². The highest BCUT2D eigenvalue weighted by Gasteiger charge is 2.10. The van der Waals surface area contributed by atoms with E-state index < -0.39 is 0 Å². The molecule has 0 saturated heterocycles. The van der Waals surface area contributed by atoms with Gasteiger partial charge in [-0.15, -0.1) is 10.2 Å². The maximum absolute atomic E-state index is 9.87. The Labute approximate surface area is 143 Å². The van der Waals surface area contributed by atoms with E-state index in [1.165, 1.54) is 0 Å². The monoisotopic (exact) mass is 332 g/mol. The third kappa shape index (κ3) is 2.65. The average molecular weight is 332 g/mol. The fourth-order valence-electron chi connectivity index (χ4n) is 2.76. The van der Waals surface area contributed by atoms with E-state index in [0.717, 1.165) is 22.0 Å². The number of aryl methyl sites for hydroxylation is 1. The second-order valence-electron chi connectivity index (χ2n) is 5.78. The van der Waals surface area contributed by atoms with Crippen LogP contribution >= 0.6 is 0 Å². The molecule has 0 aliphatic carbocycles. The molecule has 7 nitrogen and oxygen atoms in total. The summed E-state index contributed by atoms with van der Waals surface area (Å²) in [7, 11) is 0. The standard InChI is InChI=1S/C18H16N6O/c1-10-6-5-8-13-15(10)19-17-16(13)22-24-18(20-17)23-21-11(2)12-7-3-4-9-14(12)25/h3-9,25H,1-2H3,(H2,19,20,23,24)/b21-11+. The largest absolute Gasteiger partial charge is 0.507 e. The van der Waals surface area contributed by atoms with Gasteiger partial charge in [0.05, 0.1) is 11.2 Å². The van der Waals surface area contributed by atoms with Crippen molar-refractivity contribution in [3.63, 3.8) is 0 Å². The van der Waals surface area contributed by atoms with Crippen molar-refractivity contribution in [2.75, 3.05) is 5.43 Å². The molecule has 25 heavy (non-hydrogen) atoms. The van der Waals surface area contributed by atoms with Crippen molar-refractivity contribution >= 4 is 33.7 Å². The van der Waals surface area contributed by atoms with E-state index in [1.807, 2.05) is 31.2 Å². The molecule has 0 amide bonds. The third-order valence-corrected chi connectivity index (χ3v) is 4.08. The van der Waals surface area contributed by atoms with E-state index in [-0.39, 0.29) is 11.7 Å². The Balaban J connectivity index is 1.68. The molecule has 4 aromatic rings. The molecular formula is C18H16N6O. The first-order valence-corrected chi connectivity index (χ1v) is 7.84. The Morgan fingerprint density at radius 2 is 1.96 bits per heavy atom. The van der Waals surface area contributed by atoms with Crippen molar-refractivity contribution in [1.82, 2.24) is 20.2 Å². The van der Waals surface area contributed by atoms with Crippen LogP contribution in [0.25, 0.3) is 22.1 Å². The fraction of sp³-hybridized carbons (Fsp3) is 0.111. The summed E-state index contributed by atoms with van der Waals surface area (Å²) in [4.78, 5) is 7.70. The number of aromatic amines is 1. The van der Waals surface area contributed by atoms with Crippen molar-refractivity contribution in [3.05, 3.63) is 53.6 Å². The summed E-state index contributed by atoms with van der Waals surface area (Å²) in [5.74, 6) is 0.456. The first-order valence-electron chi connectivity index (χ1n) is 7.84. The lowest BCUT2D eigenvalue weighted by Gasteiger charge is -2.04. The van der Waals surface area contributed by atoms with E-state index >= 15 is 0 Å². The summed E-state index contributed by atoms with van der Waals surface area (Å²) in [5.41, 5.74) is 7.56. The molecule has 0 bridgehead atoms. The number of hydrazone groups is 1. The molecule has 0 spiro atoms. The van der Waals surface area contributed by atoms with Gasteiger partial charge >= 0.3 is 0 Å². The summed E-state index contributed by atoms with van der Waals surface area (Å²) >= 11 is 0. The molecule has 0 saturated carbocycles. The van der Waals surface area contributed by atoms with Gasteiger partial charge in [-0.2, -0.15) is 10.1 Å². The Bertz CT molecular complexity index is 1120. The maximum atomic E-state index is 9.87. The zero-order chi connectivity index (χ0) is 17.4. The van der Waals surface area contributed by atoms with Crippen molar-refractivity contribution in [2.45, 2.75) is 13.8 Å². The first-order chi connectivity index (χ1) is 12.1. The summed E-state index contributed by atoms with van der Waals surface area (Å²) in [6.07, 6.45) is 0. The number of anilines is 1. The normalized spacial score (nSPS) is 12.0. The minimum absolute atomic E-state index is 0.172. The number of hydrogen-bond acceptors (Lipinski definition) is 6. The first kappa shape index (κ1) is 15.1.